The molecule has 0 saturated carbocycles. The molecule has 24 heavy (non-hydrogen) atoms. The van der Waals surface area contributed by atoms with E-state index in [0.29, 0.717) is 0 Å². The minimum atomic E-state index is -0.877. The van der Waals surface area contributed by atoms with Gasteiger partial charge in [0.15, 0.2) is 5.82 Å². The van der Waals surface area contributed by atoms with Gasteiger partial charge in [-0.05, 0) is 32.9 Å². The quantitative estimate of drug-likeness (QED) is 0.803. The van der Waals surface area contributed by atoms with Crippen LogP contribution in [0.1, 0.15) is 37.6 Å². The lowest BCUT2D eigenvalue weighted by Crippen LogP contribution is -2.34. The first-order valence-electron chi connectivity index (χ1n) is 7.27. The highest BCUT2D eigenvalue weighted by Crippen LogP contribution is 2.18. The van der Waals surface area contributed by atoms with Gasteiger partial charge in [0.05, 0.1) is 18.4 Å². The number of rotatable bonds is 5. The summed E-state index contributed by atoms with van der Waals surface area (Å²) in [4.78, 5) is 34.6. The van der Waals surface area contributed by atoms with E-state index in [4.69, 9.17) is 4.74 Å². The summed E-state index contributed by atoms with van der Waals surface area (Å²) in [6.45, 7) is 5.18. The number of carbonyl (C=O) groups excluding carboxylic acids is 3. The largest absolute Gasteiger partial charge is 0.465 e. The Morgan fingerprint density at radius 3 is 2.46 bits per heavy atom. The minimum absolute atomic E-state index is 0.0268. The standard InChI is InChI=1S/C16H21FN2O5/c1-16(2,3)24-15(22)18-9-8-12(20)19-11-7-5-6-10(13(11)17)14(21)23-4/h5-7H,8-9H2,1-4H3,(H,18,22)(H,19,20). The zero-order chi connectivity index (χ0) is 18.3. The average molecular weight is 340 g/mol. The van der Waals surface area contributed by atoms with E-state index in [1.54, 1.807) is 20.8 Å². The molecule has 0 radical (unpaired) electrons. The monoisotopic (exact) mass is 340 g/mol. The summed E-state index contributed by atoms with van der Waals surface area (Å²) in [7, 11) is 1.13. The number of hydrogen-bond donors (Lipinski definition) is 2. The summed E-state index contributed by atoms with van der Waals surface area (Å²) in [6, 6.07) is 3.99. The molecular weight excluding hydrogens is 319 g/mol. The summed E-state index contributed by atoms with van der Waals surface area (Å²) < 4.78 is 23.6. The van der Waals surface area contributed by atoms with Crippen LogP contribution < -0.4 is 10.6 Å². The molecular formula is C16H21FN2O5. The van der Waals surface area contributed by atoms with Gasteiger partial charge < -0.3 is 20.1 Å². The fraction of sp³-hybridized carbons (Fsp3) is 0.438. The molecule has 1 aromatic rings. The van der Waals surface area contributed by atoms with Gasteiger partial charge in [-0.25, -0.2) is 14.0 Å². The number of halogens is 1. The third-order valence-electron chi connectivity index (χ3n) is 2.70. The first kappa shape index (κ1) is 19.4. The molecule has 0 spiro atoms. The molecule has 0 aliphatic carbocycles. The van der Waals surface area contributed by atoms with Crippen LogP contribution in [0.25, 0.3) is 0 Å². The average Bonchev–Trinajstić information content (AvgIpc) is 2.46. The van der Waals surface area contributed by atoms with Crippen LogP contribution in [-0.4, -0.2) is 37.2 Å². The predicted octanol–water partition coefficient (Wildman–Crippen LogP) is 2.47. The Morgan fingerprint density at radius 1 is 1.21 bits per heavy atom. The number of esters is 1. The Bertz CT molecular complexity index is 625. The SMILES string of the molecule is COC(=O)c1cccc(NC(=O)CCNC(=O)OC(C)(C)C)c1F. The molecule has 2 amide bonds. The van der Waals surface area contributed by atoms with E-state index in [1.165, 1.54) is 18.2 Å². The van der Waals surface area contributed by atoms with Gasteiger partial charge in [-0.1, -0.05) is 6.07 Å². The van der Waals surface area contributed by atoms with Crippen LogP contribution in [0.3, 0.4) is 0 Å². The second-order valence-electron chi connectivity index (χ2n) is 5.89. The Labute approximate surface area is 139 Å². The molecule has 0 heterocycles. The number of nitrogens with one attached hydrogen (secondary N) is 2. The third kappa shape index (κ3) is 6.23. The highest BCUT2D eigenvalue weighted by molar-refractivity contribution is 5.95. The van der Waals surface area contributed by atoms with Crippen molar-refractivity contribution in [3.05, 3.63) is 29.6 Å². The maximum atomic E-state index is 14.1. The molecule has 0 aromatic heterocycles. The van der Waals surface area contributed by atoms with Crippen molar-refractivity contribution in [3.8, 4) is 0 Å². The van der Waals surface area contributed by atoms with Crippen molar-refractivity contribution in [2.75, 3.05) is 19.0 Å². The van der Waals surface area contributed by atoms with Crippen molar-refractivity contribution in [3.63, 3.8) is 0 Å². The van der Waals surface area contributed by atoms with Gasteiger partial charge >= 0.3 is 12.1 Å². The lowest BCUT2D eigenvalue weighted by atomic mass is 10.2. The molecule has 7 nitrogen and oxygen atoms in total. The summed E-state index contributed by atoms with van der Waals surface area (Å²) in [6.07, 6.45) is -0.726. The Hall–Kier alpha value is -2.64. The van der Waals surface area contributed by atoms with Crippen molar-refractivity contribution in [2.24, 2.45) is 0 Å². The topological polar surface area (TPSA) is 93.7 Å². The molecule has 0 aliphatic rings. The molecule has 2 N–H and O–H groups in total. The van der Waals surface area contributed by atoms with Gasteiger partial charge in [0, 0.05) is 13.0 Å². The van der Waals surface area contributed by atoms with Crippen molar-refractivity contribution >= 4 is 23.7 Å². The van der Waals surface area contributed by atoms with Crippen LogP contribution >= 0.6 is 0 Å². The van der Waals surface area contributed by atoms with Crippen molar-refractivity contribution in [1.29, 1.82) is 0 Å². The van der Waals surface area contributed by atoms with E-state index in [0.717, 1.165) is 7.11 Å². The minimum Gasteiger partial charge on any atom is -0.465 e. The lowest BCUT2D eigenvalue weighted by molar-refractivity contribution is -0.116. The number of carbonyl (C=O) groups is 3. The molecule has 0 saturated heterocycles. The van der Waals surface area contributed by atoms with Crippen LogP contribution in [0.15, 0.2) is 18.2 Å². The number of benzene rings is 1. The smallest absolute Gasteiger partial charge is 0.407 e. The van der Waals surface area contributed by atoms with E-state index in [1.807, 2.05) is 0 Å². The fourth-order valence-electron chi connectivity index (χ4n) is 1.70. The zero-order valence-electron chi connectivity index (χ0n) is 14.1. The first-order valence-corrected chi connectivity index (χ1v) is 7.27. The summed E-state index contributed by atoms with van der Waals surface area (Å²) in [5, 5.41) is 4.76. The van der Waals surface area contributed by atoms with Gasteiger partial charge in [-0.2, -0.15) is 0 Å². The van der Waals surface area contributed by atoms with Gasteiger partial charge in [0.25, 0.3) is 0 Å². The highest BCUT2D eigenvalue weighted by Gasteiger charge is 2.18. The van der Waals surface area contributed by atoms with Gasteiger partial charge in [-0.15, -0.1) is 0 Å². The molecule has 8 heteroatoms. The number of anilines is 1. The second kappa shape index (κ2) is 8.28. The van der Waals surface area contributed by atoms with Crippen LogP contribution in [-0.2, 0) is 14.3 Å². The second-order valence-corrected chi connectivity index (χ2v) is 5.89. The Balaban J connectivity index is 2.54. The van der Waals surface area contributed by atoms with Crippen LogP contribution in [0.5, 0.6) is 0 Å². The van der Waals surface area contributed by atoms with E-state index in [-0.39, 0.29) is 24.2 Å². The molecule has 0 unspecified atom stereocenters. The number of alkyl carbamates (subject to hydrolysis) is 1. The molecule has 0 fully saturated rings. The Kier molecular flexibility index (Phi) is 6.69. The van der Waals surface area contributed by atoms with E-state index < -0.39 is 29.4 Å². The number of amides is 2. The van der Waals surface area contributed by atoms with Crippen molar-refractivity contribution < 1.29 is 28.2 Å². The Morgan fingerprint density at radius 2 is 1.88 bits per heavy atom. The molecule has 1 aromatic carbocycles. The summed E-state index contributed by atoms with van der Waals surface area (Å²) in [5.74, 6) is -2.24. The van der Waals surface area contributed by atoms with Crippen molar-refractivity contribution in [1.82, 2.24) is 5.32 Å². The van der Waals surface area contributed by atoms with Gasteiger partial charge in [-0.3, -0.25) is 4.79 Å². The lowest BCUT2D eigenvalue weighted by Gasteiger charge is -2.19. The van der Waals surface area contributed by atoms with Crippen molar-refractivity contribution in [2.45, 2.75) is 32.8 Å². The molecule has 0 aliphatic heterocycles. The molecule has 132 valence electrons. The van der Waals surface area contributed by atoms with Crippen LogP contribution in [0.4, 0.5) is 14.9 Å². The fourth-order valence-corrected chi connectivity index (χ4v) is 1.70. The molecule has 0 bridgehead atoms. The third-order valence-corrected chi connectivity index (χ3v) is 2.70. The predicted molar refractivity (Wildman–Crippen MR) is 85.2 cm³/mol. The summed E-state index contributed by atoms with van der Waals surface area (Å²) >= 11 is 0. The highest BCUT2D eigenvalue weighted by atomic mass is 19.1. The number of methoxy groups -OCH3 is 1. The number of ether oxygens (including phenoxy) is 2. The first-order chi connectivity index (χ1) is 11.1. The zero-order valence-corrected chi connectivity index (χ0v) is 14.1. The molecule has 0 atom stereocenters. The molecule has 1 rings (SSSR count). The normalized spacial score (nSPS) is 10.7. The van der Waals surface area contributed by atoms with E-state index in [2.05, 4.69) is 15.4 Å². The number of hydrogen-bond acceptors (Lipinski definition) is 5. The van der Waals surface area contributed by atoms with Gasteiger partial charge in [0.2, 0.25) is 5.91 Å². The summed E-state index contributed by atoms with van der Waals surface area (Å²) in [5.41, 5.74) is -1.05. The van der Waals surface area contributed by atoms with Crippen LogP contribution in [0.2, 0.25) is 0 Å². The maximum absolute atomic E-state index is 14.1. The van der Waals surface area contributed by atoms with Gasteiger partial charge in [0.1, 0.15) is 5.60 Å². The van der Waals surface area contributed by atoms with Crippen LogP contribution in [0, 0.1) is 5.82 Å². The maximum Gasteiger partial charge on any atom is 0.407 e. The van der Waals surface area contributed by atoms with E-state index in [9.17, 15) is 18.8 Å². The van der Waals surface area contributed by atoms with E-state index >= 15 is 0 Å².